The molecule has 1 aromatic heterocycles. The molecule has 0 bridgehead atoms. The zero-order chi connectivity index (χ0) is 24.8. The van der Waals surface area contributed by atoms with E-state index in [0.717, 1.165) is 37.8 Å². The minimum atomic E-state index is -4.86. The molecule has 0 saturated heterocycles. The summed E-state index contributed by atoms with van der Waals surface area (Å²) in [5.41, 5.74) is 1.17. The Hall–Kier alpha value is -3.20. The number of aliphatic carboxylic acids is 1. The van der Waals surface area contributed by atoms with Gasteiger partial charge >= 0.3 is 12.3 Å². The Bertz CT molecular complexity index is 1260. The SMILES string of the molecule is Cc1c(C(C(=O)O)C2CCCC2)c2cc(O)c(Cl)cc2n1C(=O)c1ccc(OC(F)(F)F)cc1. The molecule has 10 heteroatoms. The highest BCUT2D eigenvalue weighted by molar-refractivity contribution is 6.33. The Morgan fingerprint density at radius 3 is 2.32 bits per heavy atom. The third-order valence-electron chi connectivity index (χ3n) is 6.31. The van der Waals surface area contributed by atoms with Crippen LogP contribution in [0, 0.1) is 12.8 Å². The molecule has 180 valence electrons. The van der Waals surface area contributed by atoms with Crippen molar-refractivity contribution in [2.45, 2.75) is 44.9 Å². The highest BCUT2D eigenvalue weighted by Crippen LogP contribution is 2.44. The van der Waals surface area contributed by atoms with Crippen LogP contribution in [-0.4, -0.2) is 33.0 Å². The van der Waals surface area contributed by atoms with Crippen molar-refractivity contribution in [2.24, 2.45) is 5.92 Å². The minimum absolute atomic E-state index is 0.0210. The lowest BCUT2D eigenvalue weighted by atomic mass is 9.83. The van der Waals surface area contributed by atoms with Gasteiger partial charge in [0.25, 0.3) is 5.91 Å². The van der Waals surface area contributed by atoms with Crippen LogP contribution in [0.25, 0.3) is 10.9 Å². The largest absolute Gasteiger partial charge is 0.573 e. The molecule has 1 atom stereocenters. The van der Waals surface area contributed by atoms with Crippen molar-refractivity contribution >= 4 is 34.4 Å². The number of rotatable bonds is 5. The Kier molecular flexibility index (Phi) is 6.24. The van der Waals surface area contributed by atoms with E-state index in [0.29, 0.717) is 22.2 Å². The maximum atomic E-state index is 13.4. The summed E-state index contributed by atoms with van der Waals surface area (Å²) in [6.45, 7) is 1.62. The van der Waals surface area contributed by atoms with E-state index in [1.54, 1.807) is 6.92 Å². The number of halogens is 4. The average Bonchev–Trinajstić information content (AvgIpc) is 3.35. The number of phenols is 1. The van der Waals surface area contributed by atoms with Gasteiger partial charge in [0, 0.05) is 16.6 Å². The Balaban J connectivity index is 1.86. The summed E-state index contributed by atoms with van der Waals surface area (Å²) < 4.78 is 42.5. The van der Waals surface area contributed by atoms with E-state index in [-0.39, 0.29) is 22.3 Å². The van der Waals surface area contributed by atoms with E-state index in [1.807, 2.05) is 0 Å². The molecular formula is C24H21ClF3NO5. The zero-order valence-corrected chi connectivity index (χ0v) is 18.8. The van der Waals surface area contributed by atoms with E-state index in [4.69, 9.17) is 11.6 Å². The fourth-order valence-electron chi connectivity index (χ4n) is 4.88. The van der Waals surface area contributed by atoms with Gasteiger partial charge in [0.2, 0.25) is 0 Å². The number of benzene rings is 2. The molecule has 1 aliphatic carbocycles. The second kappa shape index (κ2) is 8.87. The lowest BCUT2D eigenvalue weighted by Gasteiger charge is -2.20. The first-order chi connectivity index (χ1) is 16.0. The van der Waals surface area contributed by atoms with Crippen LogP contribution >= 0.6 is 11.6 Å². The summed E-state index contributed by atoms with van der Waals surface area (Å²) in [6.07, 6.45) is -1.57. The molecular weight excluding hydrogens is 475 g/mol. The Morgan fingerprint density at radius 2 is 1.76 bits per heavy atom. The van der Waals surface area contributed by atoms with Crippen LogP contribution in [0.15, 0.2) is 36.4 Å². The molecule has 2 aromatic carbocycles. The van der Waals surface area contributed by atoms with Crippen LogP contribution in [-0.2, 0) is 4.79 Å². The van der Waals surface area contributed by atoms with Crippen LogP contribution in [0.5, 0.6) is 11.5 Å². The van der Waals surface area contributed by atoms with E-state index < -0.39 is 29.9 Å². The van der Waals surface area contributed by atoms with Crippen LogP contribution in [0.3, 0.4) is 0 Å². The molecule has 1 saturated carbocycles. The number of nitrogens with zero attached hydrogens (tertiary/aromatic N) is 1. The molecule has 4 rings (SSSR count). The van der Waals surface area contributed by atoms with Crippen molar-refractivity contribution in [3.8, 4) is 11.5 Å². The Labute approximate surface area is 197 Å². The van der Waals surface area contributed by atoms with Gasteiger partial charge in [-0.05, 0) is 67.6 Å². The zero-order valence-electron chi connectivity index (χ0n) is 18.0. The number of fused-ring (bicyclic) bond motifs is 1. The first kappa shape index (κ1) is 23.9. The molecule has 0 spiro atoms. The lowest BCUT2D eigenvalue weighted by molar-refractivity contribution is -0.274. The van der Waals surface area contributed by atoms with Crippen LogP contribution < -0.4 is 4.74 Å². The number of alkyl halides is 3. The van der Waals surface area contributed by atoms with Gasteiger partial charge in [0.05, 0.1) is 16.5 Å². The number of aromatic hydroxyl groups is 1. The van der Waals surface area contributed by atoms with Crippen molar-refractivity contribution in [1.29, 1.82) is 0 Å². The Morgan fingerprint density at radius 1 is 1.15 bits per heavy atom. The molecule has 3 aromatic rings. The summed E-state index contributed by atoms with van der Waals surface area (Å²) in [4.78, 5) is 25.8. The molecule has 0 amide bonds. The monoisotopic (exact) mass is 495 g/mol. The molecule has 0 radical (unpaired) electrons. The molecule has 1 unspecified atom stereocenters. The standard InChI is InChI=1S/C24H21ClF3NO5/c1-12-20(21(23(32)33)13-4-2-3-5-13)16-10-19(30)17(25)11-18(16)29(12)22(31)14-6-8-15(9-7-14)34-24(26,27)28/h6-11,13,21,30H,2-5H2,1H3,(H,32,33). The molecule has 1 aliphatic rings. The summed E-state index contributed by atoms with van der Waals surface area (Å²) >= 11 is 6.11. The predicted octanol–water partition coefficient (Wildman–Crippen LogP) is 6.25. The summed E-state index contributed by atoms with van der Waals surface area (Å²) in [7, 11) is 0. The number of hydrogen-bond donors (Lipinski definition) is 2. The maximum absolute atomic E-state index is 13.4. The maximum Gasteiger partial charge on any atom is 0.573 e. The number of ether oxygens (including phenoxy) is 1. The first-order valence-corrected chi connectivity index (χ1v) is 11.0. The van der Waals surface area contributed by atoms with Gasteiger partial charge in [-0.15, -0.1) is 13.2 Å². The third kappa shape index (κ3) is 4.44. The second-order valence-electron chi connectivity index (χ2n) is 8.39. The number of carboxylic acid groups (broad SMARTS) is 1. The van der Waals surface area contributed by atoms with Gasteiger partial charge in [0.1, 0.15) is 11.5 Å². The summed E-state index contributed by atoms with van der Waals surface area (Å²) in [6, 6.07) is 7.19. The smallest absolute Gasteiger partial charge is 0.506 e. The number of aromatic nitrogens is 1. The summed E-state index contributed by atoms with van der Waals surface area (Å²) in [5, 5.41) is 20.7. The van der Waals surface area contributed by atoms with Gasteiger partial charge < -0.3 is 14.9 Å². The van der Waals surface area contributed by atoms with Gasteiger partial charge in [-0.2, -0.15) is 0 Å². The third-order valence-corrected chi connectivity index (χ3v) is 6.61. The summed E-state index contributed by atoms with van der Waals surface area (Å²) in [5.74, 6) is -3.33. The molecule has 2 N–H and O–H groups in total. The van der Waals surface area contributed by atoms with Crippen molar-refractivity contribution in [2.75, 3.05) is 0 Å². The van der Waals surface area contributed by atoms with Gasteiger partial charge in [-0.3, -0.25) is 14.2 Å². The predicted molar refractivity (Wildman–Crippen MR) is 119 cm³/mol. The van der Waals surface area contributed by atoms with Crippen LogP contribution in [0.1, 0.15) is 53.2 Å². The fourth-order valence-corrected chi connectivity index (χ4v) is 5.04. The first-order valence-electron chi connectivity index (χ1n) is 10.6. The highest BCUT2D eigenvalue weighted by Gasteiger charge is 2.37. The average molecular weight is 496 g/mol. The molecule has 6 nitrogen and oxygen atoms in total. The number of carboxylic acids is 1. The van der Waals surface area contributed by atoms with E-state index in [2.05, 4.69) is 4.74 Å². The number of hydrogen-bond acceptors (Lipinski definition) is 4. The molecule has 0 aliphatic heterocycles. The van der Waals surface area contributed by atoms with E-state index in [9.17, 15) is 33.0 Å². The normalized spacial score (nSPS) is 15.6. The topological polar surface area (TPSA) is 88.8 Å². The van der Waals surface area contributed by atoms with Gasteiger partial charge in [-0.25, -0.2) is 0 Å². The highest BCUT2D eigenvalue weighted by atomic mass is 35.5. The number of carbonyl (C=O) groups is 2. The van der Waals surface area contributed by atoms with Crippen molar-refractivity contribution in [3.05, 3.63) is 58.2 Å². The van der Waals surface area contributed by atoms with Gasteiger partial charge in [-0.1, -0.05) is 24.4 Å². The van der Waals surface area contributed by atoms with Crippen molar-refractivity contribution in [3.63, 3.8) is 0 Å². The van der Waals surface area contributed by atoms with Crippen molar-refractivity contribution in [1.82, 2.24) is 4.57 Å². The molecule has 1 fully saturated rings. The number of phenolic OH excluding ortho intramolecular Hbond substituents is 1. The van der Waals surface area contributed by atoms with Crippen LogP contribution in [0.4, 0.5) is 13.2 Å². The van der Waals surface area contributed by atoms with Gasteiger partial charge in [0.15, 0.2) is 0 Å². The van der Waals surface area contributed by atoms with Crippen LogP contribution in [0.2, 0.25) is 5.02 Å². The molecule has 1 heterocycles. The number of carbonyl (C=O) groups excluding carboxylic acids is 1. The van der Waals surface area contributed by atoms with E-state index >= 15 is 0 Å². The van der Waals surface area contributed by atoms with E-state index in [1.165, 1.54) is 28.8 Å². The molecule has 34 heavy (non-hydrogen) atoms. The quantitative estimate of drug-likeness (QED) is 0.436. The minimum Gasteiger partial charge on any atom is -0.506 e. The van der Waals surface area contributed by atoms with Crippen molar-refractivity contribution < 1.29 is 37.7 Å². The second-order valence-corrected chi connectivity index (χ2v) is 8.80. The fraction of sp³-hybridized carbons (Fsp3) is 0.333. The lowest BCUT2D eigenvalue weighted by Crippen LogP contribution is -2.21.